The summed E-state index contributed by atoms with van der Waals surface area (Å²) in [7, 11) is 0. The first-order chi connectivity index (χ1) is 21.7. The van der Waals surface area contributed by atoms with Crippen LogP contribution in [-0.2, 0) is 6.67 Å². The van der Waals surface area contributed by atoms with Gasteiger partial charge in [-0.2, -0.15) is 0 Å². The molecule has 0 atom stereocenters. The summed E-state index contributed by atoms with van der Waals surface area (Å²) in [4.78, 5) is 16.7. The van der Waals surface area contributed by atoms with Gasteiger partial charge in [-0.05, 0) is 67.1 Å². The third-order valence-electron chi connectivity index (χ3n) is 8.39. The molecule has 0 aliphatic carbocycles. The van der Waals surface area contributed by atoms with E-state index in [4.69, 9.17) is 19.7 Å². The molecule has 9 rings (SSSR count). The molecule has 4 aromatic carbocycles. The lowest BCUT2D eigenvalue weighted by atomic mass is 10.1. The van der Waals surface area contributed by atoms with Crippen LogP contribution >= 0.6 is 0 Å². The van der Waals surface area contributed by atoms with Crippen molar-refractivity contribution in [2.45, 2.75) is 13.6 Å². The van der Waals surface area contributed by atoms with Gasteiger partial charge in [0, 0.05) is 46.5 Å². The Morgan fingerprint density at radius 3 is 2.48 bits per heavy atom. The summed E-state index contributed by atoms with van der Waals surface area (Å²) in [6.07, 6.45) is 3.75. The Bertz CT molecular complexity index is 2390. The fourth-order valence-electron chi connectivity index (χ4n) is 6.39. The summed E-state index contributed by atoms with van der Waals surface area (Å²) in [6.45, 7) is 2.73. The van der Waals surface area contributed by atoms with E-state index in [0.29, 0.717) is 18.3 Å². The Hall–Kier alpha value is -5.95. The molecule has 0 spiro atoms. The van der Waals surface area contributed by atoms with Crippen molar-refractivity contribution in [1.29, 1.82) is 0 Å². The van der Waals surface area contributed by atoms with E-state index in [0.717, 1.165) is 67.0 Å². The Kier molecular flexibility index (Phi) is 5.34. The molecule has 5 heterocycles. The number of rotatable bonds is 4. The van der Waals surface area contributed by atoms with E-state index in [2.05, 4.69) is 106 Å². The molecule has 7 heteroatoms. The van der Waals surface area contributed by atoms with Crippen LogP contribution in [0.1, 0.15) is 5.56 Å². The summed E-state index contributed by atoms with van der Waals surface area (Å²) in [6, 6.07) is 39.4. The maximum absolute atomic E-state index is 6.45. The lowest BCUT2D eigenvalue weighted by Crippen LogP contribution is -2.26. The quantitative estimate of drug-likeness (QED) is 0.212. The number of pyridine rings is 2. The van der Waals surface area contributed by atoms with Gasteiger partial charge >= 0.3 is 0 Å². The van der Waals surface area contributed by atoms with Gasteiger partial charge < -0.3 is 14.2 Å². The molecule has 1 aliphatic rings. The van der Waals surface area contributed by atoms with Gasteiger partial charge in [0.25, 0.3) is 0 Å². The van der Waals surface area contributed by atoms with Crippen LogP contribution in [0.3, 0.4) is 0 Å². The minimum absolute atomic E-state index is 0.522. The maximum atomic E-state index is 6.45. The number of hydrogen-bond acceptors (Lipinski definition) is 5. The second kappa shape index (κ2) is 9.54. The van der Waals surface area contributed by atoms with Crippen molar-refractivity contribution in [1.82, 2.24) is 24.1 Å². The van der Waals surface area contributed by atoms with Crippen molar-refractivity contribution in [2.24, 2.45) is 0 Å². The smallest absolute Gasteiger partial charge is 0.221 e. The third-order valence-corrected chi connectivity index (χ3v) is 8.39. The number of benzene rings is 4. The molecule has 0 amide bonds. The van der Waals surface area contributed by atoms with Gasteiger partial charge in [0.05, 0.1) is 27.8 Å². The van der Waals surface area contributed by atoms with E-state index in [1.54, 1.807) is 0 Å². The van der Waals surface area contributed by atoms with Gasteiger partial charge in [0.1, 0.15) is 24.1 Å². The summed E-state index contributed by atoms with van der Waals surface area (Å²) in [5.41, 5.74) is 8.58. The van der Waals surface area contributed by atoms with E-state index in [-0.39, 0.29) is 0 Å². The molecule has 0 unspecified atom stereocenters. The first-order valence-electron chi connectivity index (χ1n) is 14.6. The lowest BCUT2D eigenvalue weighted by molar-refractivity contribution is 0.464. The normalized spacial score (nSPS) is 12.5. The zero-order valence-electron chi connectivity index (χ0n) is 23.9. The highest BCUT2D eigenvalue weighted by molar-refractivity contribution is 6.09. The van der Waals surface area contributed by atoms with Gasteiger partial charge in [-0.15, -0.1) is 0 Å². The Morgan fingerprint density at radius 2 is 1.55 bits per heavy atom. The summed E-state index contributed by atoms with van der Waals surface area (Å²) in [5.74, 6) is 3.09. The number of para-hydroxylation sites is 4. The van der Waals surface area contributed by atoms with Crippen LogP contribution < -0.4 is 9.64 Å². The van der Waals surface area contributed by atoms with E-state index >= 15 is 0 Å². The first kappa shape index (κ1) is 24.6. The third kappa shape index (κ3) is 3.79. The number of aryl methyl sites for hydroxylation is 1. The molecule has 0 saturated carbocycles. The standard InChI is InChI=1S/C37H26N6O/c1-24-17-18-38-35(19-24)43-32-15-6-2-11-27(32)29-22-39-36(21-34(29)43)44-26-10-8-9-25(20-26)41-23-42-33-16-7-4-13-30(33)40-37(42)28-12-3-5-14-31(28)41/h2-22H,23H2,1H3. The number of nitrogens with zero attached hydrogens (tertiary/aromatic N) is 6. The maximum Gasteiger partial charge on any atom is 0.221 e. The number of hydrogen-bond donors (Lipinski definition) is 0. The Balaban J connectivity index is 1.12. The Labute approximate surface area is 253 Å². The topological polar surface area (TPSA) is 61.0 Å². The van der Waals surface area contributed by atoms with Crippen molar-refractivity contribution >= 4 is 44.2 Å². The van der Waals surface area contributed by atoms with Crippen LogP contribution in [0.5, 0.6) is 11.6 Å². The van der Waals surface area contributed by atoms with E-state index in [1.165, 1.54) is 0 Å². The van der Waals surface area contributed by atoms with Crippen LogP contribution in [0.4, 0.5) is 11.4 Å². The second-order valence-electron chi connectivity index (χ2n) is 11.1. The number of imidazole rings is 1. The van der Waals surface area contributed by atoms with Crippen LogP contribution in [-0.4, -0.2) is 24.1 Å². The minimum Gasteiger partial charge on any atom is -0.439 e. The highest BCUT2D eigenvalue weighted by Crippen LogP contribution is 2.42. The molecule has 0 saturated heterocycles. The highest BCUT2D eigenvalue weighted by Gasteiger charge is 2.26. The molecular formula is C37H26N6O. The van der Waals surface area contributed by atoms with Crippen molar-refractivity contribution in [3.63, 3.8) is 0 Å². The van der Waals surface area contributed by atoms with Crippen LogP contribution in [0.15, 0.2) is 128 Å². The average molecular weight is 571 g/mol. The van der Waals surface area contributed by atoms with E-state index in [9.17, 15) is 0 Å². The molecule has 4 aromatic heterocycles. The summed E-state index contributed by atoms with van der Waals surface area (Å²) >= 11 is 0. The van der Waals surface area contributed by atoms with E-state index in [1.807, 2.05) is 42.7 Å². The number of anilines is 2. The van der Waals surface area contributed by atoms with Gasteiger partial charge in [-0.25, -0.2) is 15.0 Å². The summed E-state index contributed by atoms with van der Waals surface area (Å²) < 4.78 is 10.9. The predicted octanol–water partition coefficient (Wildman–Crippen LogP) is 8.80. The molecule has 44 heavy (non-hydrogen) atoms. The highest BCUT2D eigenvalue weighted by atomic mass is 16.5. The van der Waals surface area contributed by atoms with Crippen LogP contribution in [0.25, 0.3) is 50.0 Å². The van der Waals surface area contributed by atoms with Gasteiger partial charge in [0.2, 0.25) is 5.88 Å². The molecule has 1 aliphatic heterocycles. The number of fused-ring (bicyclic) bond motifs is 8. The van der Waals surface area contributed by atoms with Gasteiger partial charge in [-0.1, -0.05) is 48.5 Å². The van der Waals surface area contributed by atoms with Crippen molar-refractivity contribution in [3.8, 4) is 28.8 Å². The van der Waals surface area contributed by atoms with Crippen molar-refractivity contribution in [3.05, 3.63) is 133 Å². The first-order valence-corrected chi connectivity index (χ1v) is 14.6. The molecule has 8 aromatic rings. The average Bonchev–Trinajstić information content (AvgIpc) is 3.60. The van der Waals surface area contributed by atoms with E-state index < -0.39 is 0 Å². The van der Waals surface area contributed by atoms with Gasteiger partial charge in [-0.3, -0.25) is 4.57 Å². The summed E-state index contributed by atoms with van der Waals surface area (Å²) in [5, 5.41) is 2.18. The zero-order chi connectivity index (χ0) is 29.2. The lowest BCUT2D eigenvalue weighted by Gasteiger charge is -2.32. The monoisotopic (exact) mass is 570 g/mol. The predicted molar refractivity (Wildman–Crippen MR) is 175 cm³/mol. The second-order valence-corrected chi connectivity index (χ2v) is 11.1. The van der Waals surface area contributed by atoms with Crippen LogP contribution in [0, 0.1) is 6.92 Å². The molecular weight excluding hydrogens is 544 g/mol. The minimum atomic E-state index is 0.522. The van der Waals surface area contributed by atoms with Gasteiger partial charge in [0.15, 0.2) is 0 Å². The van der Waals surface area contributed by atoms with Crippen LogP contribution in [0.2, 0.25) is 0 Å². The largest absolute Gasteiger partial charge is 0.439 e. The zero-order valence-corrected chi connectivity index (χ0v) is 23.9. The molecule has 210 valence electrons. The SMILES string of the molecule is Cc1ccnc(-n2c3ccccc3c3cnc(Oc4cccc(N5Cn6c(nc7ccccc76)-c6ccccc65)c4)cc32)c1. The molecule has 7 nitrogen and oxygen atoms in total. The van der Waals surface area contributed by atoms with Crippen molar-refractivity contribution in [2.75, 3.05) is 4.90 Å². The Morgan fingerprint density at radius 1 is 0.705 bits per heavy atom. The van der Waals surface area contributed by atoms with Crippen molar-refractivity contribution < 1.29 is 4.74 Å². The fraction of sp³-hybridized carbons (Fsp3) is 0.0541. The molecule has 0 radical (unpaired) electrons. The molecule has 0 fully saturated rings. The number of ether oxygens (including phenoxy) is 1. The molecule has 0 N–H and O–H groups in total. The fourth-order valence-corrected chi connectivity index (χ4v) is 6.39. The number of aromatic nitrogens is 5. The molecule has 0 bridgehead atoms.